The number of aromatic hydroxyl groups is 1. The van der Waals surface area contributed by atoms with Crippen molar-refractivity contribution in [2.45, 2.75) is 6.92 Å². The molecule has 0 amide bonds. The lowest BCUT2D eigenvalue weighted by Gasteiger charge is -2.08. The van der Waals surface area contributed by atoms with E-state index in [-0.39, 0.29) is 11.4 Å². The molecule has 0 spiro atoms. The Kier molecular flexibility index (Phi) is 2.53. The van der Waals surface area contributed by atoms with E-state index in [4.69, 9.17) is 11.6 Å². The molecule has 0 atom stereocenters. The van der Waals surface area contributed by atoms with Crippen LogP contribution in [0.3, 0.4) is 0 Å². The van der Waals surface area contributed by atoms with E-state index in [2.05, 4.69) is 15.3 Å². The maximum absolute atomic E-state index is 12.0. The second-order valence-corrected chi connectivity index (χ2v) is 4.55. The first kappa shape index (κ1) is 11.7. The minimum atomic E-state index is -0.463. The lowest BCUT2D eigenvalue weighted by molar-refractivity contribution is 0.474. The number of nitrogens with one attached hydrogen (secondary N) is 1. The molecule has 0 saturated carbocycles. The van der Waals surface area contributed by atoms with Crippen LogP contribution >= 0.6 is 11.6 Å². The van der Waals surface area contributed by atoms with Gasteiger partial charge in [0.1, 0.15) is 0 Å². The van der Waals surface area contributed by atoms with Gasteiger partial charge in [0.25, 0.3) is 5.56 Å². The van der Waals surface area contributed by atoms with Crippen LogP contribution < -0.4 is 5.56 Å². The number of hydrogen-bond donors (Lipinski definition) is 2. The SMILES string of the molecule is Cc1cc2c(O)c(-n3ccnn3)c(=O)[nH]c2cc1Cl. The number of nitrogens with zero attached hydrogens (tertiary/aromatic N) is 3. The number of rotatable bonds is 1. The molecule has 0 bridgehead atoms. The van der Waals surface area contributed by atoms with Crippen molar-refractivity contribution in [3.63, 3.8) is 0 Å². The summed E-state index contributed by atoms with van der Waals surface area (Å²) in [5.41, 5.74) is 0.852. The van der Waals surface area contributed by atoms with Crippen LogP contribution in [0.1, 0.15) is 5.56 Å². The molecule has 2 aromatic heterocycles. The van der Waals surface area contributed by atoms with Gasteiger partial charge in [-0.2, -0.15) is 0 Å². The molecule has 3 aromatic rings. The number of benzene rings is 1. The van der Waals surface area contributed by atoms with E-state index in [1.807, 2.05) is 6.92 Å². The molecule has 0 aliphatic carbocycles. The summed E-state index contributed by atoms with van der Waals surface area (Å²) in [6.07, 6.45) is 2.91. The number of aromatic nitrogens is 4. The molecule has 7 heteroatoms. The topological polar surface area (TPSA) is 83.8 Å². The number of fused-ring (bicyclic) bond motifs is 1. The summed E-state index contributed by atoms with van der Waals surface area (Å²) in [5.74, 6) is -0.149. The Morgan fingerprint density at radius 2 is 2.21 bits per heavy atom. The number of aromatic amines is 1. The molecule has 2 heterocycles. The third-order valence-corrected chi connectivity index (χ3v) is 3.30. The Morgan fingerprint density at radius 1 is 1.42 bits per heavy atom. The first-order valence-electron chi connectivity index (χ1n) is 5.49. The van der Waals surface area contributed by atoms with E-state index >= 15 is 0 Å². The maximum atomic E-state index is 12.0. The Morgan fingerprint density at radius 3 is 2.89 bits per heavy atom. The Balaban J connectivity index is 2.43. The van der Waals surface area contributed by atoms with Crippen LogP contribution in [-0.4, -0.2) is 25.1 Å². The Bertz CT molecular complexity index is 824. The fraction of sp³-hybridized carbons (Fsp3) is 0.0833. The molecule has 0 unspecified atom stereocenters. The normalized spacial score (nSPS) is 11.1. The fourth-order valence-corrected chi connectivity index (χ4v) is 2.10. The first-order chi connectivity index (χ1) is 9.08. The lowest BCUT2D eigenvalue weighted by Crippen LogP contribution is -2.15. The number of halogens is 1. The molecule has 1 aromatic carbocycles. The summed E-state index contributed by atoms with van der Waals surface area (Å²) in [6, 6.07) is 3.32. The summed E-state index contributed by atoms with van der Waals surface area (Å²) in [5, 5.41) is 18.6. The summed E-state index contributed by atoms with van der Waals surface area (Å²) in [6.45, 7) is 1.82. The highest BCUT2D eigenvalue weighted by molar-refractivity contribution is 6.32. The zero-order valence-corrected chi connectivity index (χ0v) is 10.6. The number of hydrogen-bond acceptors (Lipinski definition) is 4. The van der Waals surface area contributed by atoms with Crippen molar-refractivity contribution < 1.29 is 5.11 Å². The van der Waals surface area contributed by atoms with E-state index in [0.717, 1.165) is 5.56 Å². The van der Waals surface area contributed by atoms with E-state index in [0.29, 0.717) is 15.9 Å². The molecule has 0 fully saturated rings. The third kappa shape index (κ3) is 1.77. The Hall–Kier alpha value is -2.34. The summed E-state index contributed by atoms with van der Waals surface area (Å²) in [7, 11) is 0. The van der Waals surface area contributed by atoms with Crippen LogP contribution in [0.4, 0.5) is 0 Å². The number of aryl methyl sites for hydroxylation is 1. The molecular weight excluding hydrogens is 268 g/mol. The van der Waals surface area contributed by atoms with Crippen molar-refractivity contribution in [1.82, 2.24) is 20.0 Å². The molecular formula is C12H9ClN4O2. The van der Waals surface area contributed by atoms with Crippen LogP contribution in [0.5, 0.6) is 5.75 Å². The standard InChI is InChI=1S/C12H9ClN4O2/c1-6-4-7-9(5-8(6)13)15-12(19)10(11(7)18)17-3-2-14-16-17/h2-5H,1H3,(H2,15,18,19). The molecule has 0 aliphatic rings. The van der Waals surface area contributed by atoms with Crippen LogP contribution in [0.15, 0.2) is 29.3 Å². The highest BCUT2D eigenvalue weighted by Gasteiger charge is 2.15. The summed E-state index contributed by atoms with van der Waals surface area (Å²) < 4.78 is 1.22. The summed E-state index contributed by atoms with van der Waals surface area (Å²) >= 11 is 6.00. The monoisotopic (exact) mass is 276 g/mol. The van der Waals surface area contributed by atoms with Gasteiger partial charge in [-0.15, -0.1) is 5.10 Å². The zero-order chi connectivity index (χ0) is 13.6. The van der Waals surface area contributed by atoms with E-state index in [1.165, 1.54) is 17.1 Å². The van der Waals surface area contributed by atoms with Gasteiger partial charge < -0.3 is 10.1 Å². The smallest absolute Gasteiger partial charge is 0.278 e. The second kappa shape index (κ2) is 4.10. The Labute approximate surface area is 112 Å². The molecule has 96 valence electrons. The molecule has 3 rings (SSSR count). The molecule has 0 saturated heterocycles. The maximum Gasteiger partial charge on any atom is 0.278 e. The fourth-order valence-electron chi connectivity index (χ4n) is 1.94. The lowest BCUT2D eigenvalue weighted by atomic mass is 10.1. The third-order valence-electron chi connectivity index (χ3n) is 2.89. The van der Waals surface area contributed by atoms with Crippen molar-refractivity contribution in [2.24, 2.45) is 0 Å². The van der Waals surface area contributed by atoms with Gasteiger partial charge in [-0.3, -0.25) is 4.79 Å². The molecule has 0 radical (unpaired) electrons. The second-order valence-electron chi connectivity index (χ2n) is 4.15. The quantitative estimate of drug-likeness (QED) is 0.709. The van der Waals surface area contributed by atoms with Crippen LogP contribution in [0, 0.1) is 6.92 Å². The van der Waals surface area contributed by atoms with Crippen molar-refractivity contribution >= 4 is 22.5 Å². The summed E-state index contributed by atoms with van der Waals surface area (Å²) in [4.78, 5) is 14.7. The molecule has 6 nitrogen and oxygen atoms in total. The van der Waals surface area contributed by atoms with Gasteiger partial charge in [-0.25, -0.2) is 4.68 Å². The highest BCUT2D eigenvalue weighted by Crippen LogP contribution is 2.30. The van der Waals surface area contributed by atoms with Crippen molar-refractivity contribution in [3.8, 4) is 11.4 Å². The van der Waals surface area contributed by atoms with Crippen LogP contribution in [0.2, 0.25) is 5.02 Å². The van der Waals surface area contributed by atoms with Gasteiger partial charge in [0.05, 0.1) is 17.9 Å². The molecule has 2 N–H and O–H groups in total. The molecule has 19 heavy (non-hydrogen) atoms. The first-order valence-corrected chi connectivity index (χ1v) is 5.87. The van der Waals surface area contributed by atoms with Crippen LogP contribution in [0.25, 0.3) is 16.6 Å². The van der Waals surface area contributed by atoms with Gasteiger partial charge in [0.2, 0.25) is 0 Å². The van der Waals surface area contributed by atoms with E-state index < -0.39 is 5.56 Å². The predicted octanol–water partition coefficient (Wildman–Crippen LogP) is 1.78. The average molecular weight is 277 g/mol. The molecule has 0 aliphatic heterocycles. The predicted molar refractivity (Wildman–Crippen MR) is 70.9 cm³/mol. The number of H-pyrrole nitrogens is 1. The van der Waals surface area contributed by atoms with E-state index in [1.54, 1.807) is 12.1 Å². The highest BCUT2D eigenvalue weighted by atomic mass is 35.5. The zero-order valence-electron chi connectivity index (χ0n) is 9.88. The van der Waals surface area contributed by atoms with Crippen LogP contribution in [-0.2, 0) is 0 Å². The van der Waals surface area contributed by atoms with Crippen molar-refractivity contribution in [1.29, 1.82) is 0 Å². The largest absolute Gasteiger partial charge is 0.505 e. The van der Waals surface area contributed by atoms with Gasteiger partial charge in [0, 0.05) is 10.4 Å². The van der Waals surface area contributed by atoms with Gasteiger partial charge in [-0.1, -0.05) is 16.8 Å². The van der Waals surface area contributed by atoms with Gasteiger partial charge in [-0.05, 0) is 24.6 Å². The van der Waals surface area contributed by atoms with Gasteiger partial charge >= 0.3 is 0 Å². The van der Waals surface area contributed by atoms with Crippen molar-refractivity contribution in [3.05, 3.63) is 45.5 Å². The average Bonchev–Trinajstić information content (AvgIpc) is 2.86. The minimum absolute atomic E-state index is 0.0340. The van der Waals surface area contributed by atoms with Crippen molar-refractivity contribution in [2.75, 3.05) is 0 Å². The van der Waals surface area contributed by atoms with Gasteiger partial charge in [0.15, 0.2) is 11.4 Å². The van der Waals surface area contributed by atoms with E-state index in [9.17, 15) is 9.90 Å². The minimum Gasteiger partial charge on any atom is -0.505 e. The number of pyridine rings is 1.